The molecule has 1 aliphatic heterocycles. The van der Waals surface area contributed by atoms with Gasteiger partial charge in [0.25, 0.3) is 5.91 Å². The van der Waals surface area contributed by atoms with Crippen LogP contribution in [0.5, 0.6) is 0 Å². The first-order chi connectivity index (χ1) is 19.0. The Labute approximate surface area is 236 Å². The Kier molecular flexibility index (Phi) is 11.0. The van der Waals surface area contributed by atoms with Crippen LogP contribution in [-0.4, -0.2) is 65.1 Å². The number of benzene rings is 2. The second kappa shape index (κ2) is 14.7. The third-order valence-electron chi connectivity index (χ3n) is 7.37. The van der Waals surface area contributed by atoms with E-state index in [2.05, 4.69) is 26.8 Å². The summed E-state index contributed by atoms with van der Waals surface area (Å²) in [6.45, 7) is 2.73. The quantitative estimate of drug-likeness (QED) is 0.306. The van der Waals surface area contributed by atoms with Crippen LogP contribution in [0.1, 0.15) is 71.2 Å². The molecule has 2 amide bonds. The Morgan fingerprint density at radius 2 is 1.95 bits per heavy atom. The summed E-state index contributed by atoms with van der Waals surface area (Å²) in [6, 6.07) is 13.8. The fourth-order valence-corrected chi connectivity index (χ4v) is 5.28. The molecule has 0 aromatic heterocycles. The highest BCUT2D eigenvalue weighted by Gasteiger charge is 2.27. The van der Waals surface area contributed by atoms with Gasteiger partial charge in [0.15, 0.2) is 0 Å². The molecule has 0 radical (unpaired) electrons. The number of methoxy groups -OCH3 is 1. The molecule has 0 spiro atoms. The van der Waals surface area contributed by atoms with Crippen LogP contribution in [0.15, 0.2) is 42.5 Å². The number of rotatable bonds is 13. The Morgan fingerprint density at radius 1 is 1.10 bits per heavy atom. The molecule has 2 aromatic rings. The summed E-state index contributed by atoms with van der Waals surface area (Å²) in [7, 11) is 3.26. The molecule has 2 fully saturated rings. The number of hydrogen-bond acceptors (Lipinski definition) is 6. The van der Waals surface area contributed by atoms with Gasteiger partial charge in [-0.25, -0.2) is 4.79 Å². The highest BCUT2D eigenvalue weighted by atomic mass is 35.5. The van der Waals surface area contributed by atoms with Crippen molar-refractivity contribution < 1.29 is 23.8 Å². The minimum Gasteiger partial charge on any atom is -0.453 e. The van der Waals surface area contributed by atoms with Gasteiger partial charge in [0, 0.05) is 42.9 Å². The molecule has 39 heavy (non-hydrogen) atoms. The number of carbonyl (C=O) groups is 2. The fraction of sp³-hybridized carbons (Fsp3) is 0.533. The molecule has 1 saturated carbocycles. The molecule has 2 aliphatic rings. The summed E-state index contributed by atoms with van der Waals surface area (Å²) < 4.78 is 16.6. The van der Waals surface area contributed by atoms with Crippen molar-refractivity contribution >= 4 is 23.6 Å². The van der Waals surface area contributed by atoms with Gasteiger partial charge in [-0.2, -0.15) is 0 Å². The summed E-state index contributed by atoms with van der Waals surface area (Å²) in [5.41, 5.74) is 3.53. The molecule has 8 nitrogen and oxygen atoms in total. The van der Waals surface area contributed by atoms with E-state index < -0.39 is 12.2 Å². The maximum Gasteiger partial charge on any atom is 0.406 e. The van der Waals surface area contributed by atoms with Crippen molar-refractivity contribution in [3.8, 4) is 0 Å². The maximum atomic E-state index is 13.4. The molecule has 1 saturated heterocycles. The molecule has 0 unspecified atom stereocenters. The number of ether oxygens (including phenoxy) is 3. The van der Waals surface area contributed by atoms with Crippen molar-refractivity contribution in [3.63, 3.8) is 0 Å². The number of halogens is 1. The molecule has 3 atom stereocenters. The van der Waals surface area contributed by atoms with Crippen molar-refractivity contribution in [3.05, 3.63) is 69.7 Å². The van der Waals surface area contributed by atoms with Gasteiger partial charge >= 0.3 is 6.09 Å². The van der Waals surface area contributed by atoms with E-state index in [0.717, 1.165) is 55.6 Å². The first kappa shape index (κ1) is 29.3. The minimum atomic E-state index is -0.511. The second-order valence-corrected chi connectivity index (χ2v) is 10.8. The van der Waals surface area contributed by atoms with Crippen LogP contribution >= 0.6 is 11.6 Å². The van der Waals surface area contributed by atoms with Gasteiger partial charge in [0.1, 0.15) is 6.10 Å². The van der Waals surface area contributed by atoms with Gasteiger partial charge in [-0.05, 0) is 91.9 Å². The molecule has 4 rings (SSSR count). The smallest absolute Gasteiger partial charge is 0.406 e. The summed E-state index contributed by atoms with van der Waals surface area (Å²) in [5.74, 6) is 0.868. The van der Waals surface area contributed by atoms with E-state index in [1.54, 1.807) is 0 Å². The van der Waals surface area contributed by atoms with Crippen molar-refractivity contribution in [1.82, 2.24) is 16.0 Å². The number of likely N-dealkylation sites (N-methyl/N-ethyl adjacent to an activating group) is 1. The summed E-state index contributed by atoms with van der Waals surface area (Å²) in [6.07, 6.45) is 4.49. The summed E-state index contributed by atoms with van der Waals surface area (Å²) in [5, 5.41) is 9.74. The predicted octanol–water partition coefficient (Wildman–Crippen LogP) is 4.81. The molecule has 1 aliphatic carbocycles. The van der Waals surface area contributed by atoms with Crippen LogP contribution in [0.2, 0.25) is 5.02 Å². The zero-order valence-corrected chi connectivity index (χ0v) is 23.6. The van der Waals surface area contributed by atoms with E-state index in [1.807, 2.05) is 43.4 Å². The summed E-state index contributed by atoms with van der Waals surface area (Å²) in [4.78, 5) is 24.9. The molecule has 3 N–H and O–H groups in total. The molecule has 0 bridgehead atoms. The Morgan fingerprint density at radius 3 is 2.64 bits per heavy atom. The lowest BCUT2D eigenvalue weighted by atomic mass is 9.94. The third-order valence-corrected chi connectivity index (χ3v) is 7.61. The van der Waals surface area contributed by atoms with Crippen LogP contribution in [0, 0.1) is 5.92 Å². The van der Waals surface area contributed by atoms with Crippen LogP contribution in [0.4, 0.5) is 4.79 Å². The standard InChI is InChI=1S/C30H40ClN3O5/c1-32-27(13-20-5-4-11-38-19-20)18-34-29(35)25-15-23(21-8-9-21)14-24(16-25)28(22-6-3-7-26(31)17-22)39-12-10-33-30(36)37-2/h3,6-7,14-17,20-21,27-28,32H,4-5,8-13,18-19H2,1-2H3,(H,33,36)(H,34,35)/t20-,27+,28+/m1/s1. The highest BCUT2D eigenvalue weighted by Crippen LogP contribution is 2.42. The van der Waals surface area contributed by atoms with Crippen molar-refractivity contribution in [2.45, 2.75) is 50.2 Å². The zero-order valence-electron chi connectivity index (χ0n) is 22.8. The molecular formula is C30H40ClN3O5. The minimum absolute atomic E-state index is 0.101. The molecule has 212 valence electrons. The highest BCUT2D eigenvalue weighted by molar-refractivity contribution is 6.30. The normalized spacial score (nSPS) is 18.7. The Balaban J connectivity index is 1.51. The zero-order chi connectivity index (χ0) is 27.6. The lowest BCUT2D eigenvalue weighted by molar-refractivity contribution is 0.0478. The molecule has 2 aromatic carbocycles. The Bertz CT molecular complexity index is 1100. The predicted molar refractivity (Wildman–Crippen MR) is 151 cm³/mol. The number of alkyl carbamates (subject to hydrolysis) is 1. The molecule has 1 heterocycles. The van der Waals surface area contributed by atoms with E-state index in [9.17, 15) is 9.59 Å². The van der Waals surface area contributed by atoms with Gasteiger partial charge < -0.3 is 30.2 Å². The fourth-order valence-electron chi connectivity index (χ4n) is 5.08. The first-order valence-electron chi connectivity index (χ1n) is 13.8. The van der Waals surface area contributed by atoms with Crippen molar-refractivity contribution in [2.24, 2.45) is 5.92 Å². The van der Waals surface area contributed by atoms with E-state index in [1.165, 1.54) is 13.5 Å². The number of hydrogen-bond donors (Lipinski definition) is 3. The van der Waals surface area contributed by atoms with Gasteiger partial charge in [-0.15, -0.1) is 0 Å². The lowest BCUT2D eigenvalue weighted by Crippen LogP contribution is -2.41. The molecular weight excluding hydrogens is 518 g/mol. The maximum absolute atomic E-state index is 13.4. The van der Waals surface area contributed by atoms with Gasteiger partial charge in [0.2, 0.25) is 0 Å². The number of amides is 2. The average molecular weight is 558 g/mol. The SMILES string of the molecule is CN[C@H](CNC(=O)c1cc(C2CC2)cc([C@@H](OCCNC(=O)OC)c2cccc(Cl)c2)c1)C[C@H]1CCCOC1. The van der Waals surface area contributed by atoms with Crippen LogP contribution in [0.3, 0.4) is 0 Å². The third kappa shape index (κ3) is 8.93. The largest absolute Gasteiger partial charge is 0.453 e. The van der Waals surface area contributed by atoms with Crippen LogP contribution in [0.25, 0.3) is 0 Å². The topological polar surface area (TPSA) is 97.9 Å². The van der Waals surface area contributed by atoms with Crippen molar-refractivity contribution in [1.29, 1.82) is 0 Å². The van der Waals surface area contributed by atoms with E-state index in [4.69, 9.17) is 21.1 Å². The monoisotopic (exact) mass is 557 g/mol. The first-order valence-corrected chi connectivity index (χ1v) is 14.2. The van der Waals surface area contributed by atoms with Crippen molar-refractivity contribution in [2.75, 3.05) is 47.1 Å². The van der Waals surface area contributed by atoms with Gasteiger partial charge in [0.05, 0.1) is 13.7 Å². The van der Waals surface area contributed by atoms with Gasteiger partial charge in [-0.3, -0.25) is 4.79 Å². The van der Waals surface area contributed by atoms with E-state index in [-0.39, 0.29) is 25.1 Å². The van der Waals surface area contributed by atoms with Crippen LogP contribution < -0.4 is 16.0 Å². The second-order valence-electron chi connectivity index (χ2n) is 10.4. The summed E-state index contributed by atoms with van der Waals surface area (Å²) >= 11 is 6.32. The number of carbonyl (C=O) groups excluding carboxylic acids is 2. The van der Waals surface area contributed by atoms with Gasteiger partial charge in [-0.1, -0.05) is 29.8 Å². The lowest BCUT2D eigenvalue weighted by Gasteiger charge is -2.26. The molecule has 9 heteroatoms. The van der Waals surface area contributed by atoms with E-state index in [0.29, 0.717) is 29.0 Å². The Hall–Kier alpha value is -2.65. The van der Waals surface area contributed by atoms with Crippen LogP contribution in [-0.2, 0) is 14.2 Å². The van der Waals surface area contributed by atoms with E-state index >= 15 is 0 Å². The average Bonchev–Trinajstić information content (AvgIpc) is 3.81. The number of nitrogens with one attached hydrogen (secondary N) is 3.